The van der Waals surface area contributed by atoms with Crippen LogP contribution in [0.4, 0.5) is 4.39 Å². The molecule has 0 aromatic rings. The van der Waals surface area contributed by atoms with Crippen LogP contribution >= 0.6 is 11.8 Å². The highest BCUT2D eigenvalue weighted by molar-refractivity contribution is 6.13. The van der Waals surface area contributed by atoms with Crippen molar-refractivity contribution in [3.8, 4) is 0 Å². The number of nitrogens with zero attached hydrogens (tertiary/aromatic N) is 1. The second-order valence-corrected chi connectivity index (χ2v) is 2.49. The van der Waals surface area contributed by atoms with Gasteiger partial charge in [0.05, 0.1) is 12.7 Å². The molecule has 0 aliphatic carbocycles. The molecule has 1 heterocycles. The van der Waals surface area contributed by atoms with Crippen molar-refractivity contribution in [1.82, 2.24) is 4.42 Å². The molecule has 1 atom stereocenters. The number of alkyl halides is 1. The van der Waals surface area contributed by atoms with Crippen LogP contribution in [0, 0.1) is 0 Å². The zero-order chi connectivity index (χ0) is 6.69. The Bertz CT molecular complexity index is 93.0. The third kappa shape index (κ3) is 2.08. The predicted molar refractivity (Wildman–Crippen MR) is 33.1 cm³/mol. The molecule has 1 aliphatic heterocycles. The van der Waals surface area contributed by atoms with Crippen LogP contribution in [0.1, 0.15) is 0 Å². The van der Waals surface area contributed by atoms with Crippen molar-refractivity contribution in [3.05, 3.63) is 0 Å². The van der Waals surface area contributed by atoms with E-state index >= 15 is 0 Å². The van der Waals surface area contributed by atoms with E-state index in [9.17, 15) is 4.39 Å². The Morgan fingerprint density at radius 3 is 3.00 bits per heavy atom. The molecule has 4 heteroatoms. The van der Waals surface area contributed by atoms with Crippen LogP contribution in [0.2, 0.25) is 0 Å². The lowest BCUT2D eigenvalue weighted by Crippen LogP contribution is -2.38. The Balaban J connectivity index is 2.23. The molecule has 0 amide bonds. The summed E-state index contributed by atoms with van der Waals surface area (Å²) in [5.74, 6) is 0. The predicted octanol–water partition coefficient (Wildman–Crippen LogP) is 0.810. The molecule has 1 rings (SSSR count). The number of rotatable bonds is 1. The molecule has 1 fully saturated rings. The van der Waals surface area contributed by atoms with Gasteiger partial charge in [-0.05, 0) is 11.8 Å². The standard InChI is InChI=1S/C5H9ClFNO/c6-8-1-2-9-5(3-7)4-8/h5H,1-4H2/t5-/m0/s1. The quantitative estimate of drug-likeness (QED) is 0.517. The van der Waals surface area contributed by atoms with E-state index < -0.39 is 6.67 Å². The van der Waals surface area contributed by atoms with Gasteiger partial charge in [0.25, 0.3) is 0 Å². The van der Waals surface area contributed by atoms with Crippen molar-refractivity contribution >= 4 is 11.8 Å². The van der Waals surface area contributed by atoms with Gasteiger partial charge in [-0.3, -0.25) is 0 Å². The number of ether oxygens (including phenoxy) is 1. The van der Waals surface area contributed by atoms with Crippen LogP contribution in [-0.2, 0) is 4.74 Å². The van der Waals surface area contributed by atoms with Gasteiger partial charge >= 0.3 is 0 Å². The maximum absolute atomic E-state index is 11.8. The molecule has 1 aliphatic rings. The monoisotopic (exact) mass is 153 g/mol. The van der Waals surface area contributed by atoms with Crippen molar-refractivity contribution in [2.24, 2.45) is 0 Å². The molecule has 0 unspecified atom stereocenters. The van der Waals surface area contributed by atoms with Crippen LogP contribution in [0.3, 0.4) is 0 Å². The molecule has 0 saturated carbocycles. The number of morpholine rings is 1. The molecule has 0 spiro atoms. The third-order valence-electron chi connectivity index (χ3n) is 1.26. The maximum atomic E-state index is 11.8. The highest BCUT2D eigenvalue weighted by Crippen LogP contribution is 2.06. The zero-order valence-electron chi connectivity index (χ0n) is 5.02. The first-order valence-corrected chi connectivity index (χ1v) is 3.25. The summed E-state index contributed by atoms with van der Waals surface area (Å²) in [6.07, 6.45) is -0.309. The Morgan fingerprint density at radius 1 is 1.78 bits per heavy atom. The molecule has 1 saturated heterocycles. The molecule has 54 valence electrons. The average Bonchev–Trinajstić information content (AvgIpc) is 1.88. The van der Waals surface area contributed by atoms with E-state index in [0.29, 0.717) is 19.7 Å². The van der Waals surface area contributed by atoms with E-state index in [-0.39, 0.29) is 6.10 Å². The second kappa shape index (κ2) is 3.34. The lowest BCUT2D eigenvalue weighted by Gasteiger charge is -2.25. The van der Waals surface area contributed by atoms with Gasteiger partial charge in [0.2, 0.25) is 0 Å². The van der Waals surface area contributed by atoms with Gasteiger partial charge in [0.1, 0.15) is 6.67 Å². The molecule has 2 nitrogen and oxygen atoms in total. The van der Waals surface area contributed by atoms with Crippen LogP contribution < -0.4 is 0 Å². The molecule has 9 heavy (non-hydrogen) atoms. The fourth-order valence-corrected chi connectivity index (χ4v) is 1.000. The summed E-state index contributed by atoms with van der Waals surface area (Å²) < 4.78 is 18.4. The van der Waals surface area contributed by atoms with Crippen LogP contribution in [-0.4, -0.2) is 36.9 Å². The SMILES string of the molecule is FC[C@H]1CN(Cl)CCO1. The van der Waals surface area contributed by atoms with Crippen LogP contribution in [0.5, 0.6) is 0 Å². The Labute approximate surface area is 58.6 Å². The minimum atomic E-state index is -0.441. The van der Waals surface area contributed by atoms with Gasteiger partial charge in [-0.15, -0.1) is 0 Å². The smallest absolute Gasteiger partial charge is 0.117 e. The highest BCUT2D eigenvalue weighted by atomic mass is 35.5. The zero-order valence-corrected chi connectivity index (χ0v) is 5.77. The van der Waals surface area contributed by atoms with Crippen molar-refractivity contribution in [3.63, 3.8) is 0 Å². The van der Waals surface area contributed by atoms with E-state index in [0.717, 1.165) is 0 Å². The highest BCUT2D eigenvalue weighted by Gasteiger charge is 2.17. The summed E-state index contributed by atoms with van der Waals surface area (Å²) in [6, 6.07) is 0. The number of hydrogen-bond acceptors (Lipinski definition) is 2. The van der Waals surface area contributed by atoms with E-state index in [4.69, 9.17) is 16.5 Å². The Kier molecular flexibility index (Phi) is 2.69. The Hall–Kier alpha value is 0.140. The van der Waals surface area contributed by atoms with Crippen LogP contribution in [0.25, 0.3) is 0 Å². The van der Waals surface area contributed by atoms with Crippen LogP contribution in [0.15, 0.2) is 0 Å². The fourth-order valence-electron chi connectivity index (χ4n) is 0.777. The third-order valence-corrected chi connectivity index (χ3v) is 1.57. The van der Waals surface area contributed by atoms with Gasteiger partial charge in [0, 0.05) is 13.1 Å². The first-order chi connectivity index (χ1) is 4.33. The van der Waals surface area contributed by atoms with Gasteiger partial charge in [-0.2, -0.15) is 0 Å². The molecule has 0 bridgehead atoms. The van der Waals surface area contributed by atoms with Gasteiger partial charge in [-0.1, -0.05) is 0 Å². The normalized spacial score (nSPS) is 30.7. The van der Waals surface area contributed by atoms with Gasteiger partial charge < -0.3 is 4.74 Å². The summed E-state index contributed by atoms with van der Waals surface area (Å²) in [6.45, 7) is 1.29. The summed E-state index contributed by atoms with van der Waals surface area (Å²) in [5, 5.41) is 0. The molecule has 0 N–H and O–H groups in total. The lowest BCUT2D eigenvalue weighted by atomic mass is 10.3. The molecular formula is C5H9ClFNO. The van der Waals surface area contributed by atoms with Crippen molar-refractivity contribution in [1.29, 1.82) is 0 Å². The first kappa shape index (κ1) is 7.25. The fraction of sp³-hybridized carbons (Fsp3) is 1.00. The topological polar surface area (TPSA) is 12.5 Å². The van der Waals surface area contributed by atoms with E-state index in [1.54, 1.807) is 4.42 Å². The molecular weight excluding hydrogens is 145 g/mol. The lowest BCUT2D eigenvalue weighted by molar-refractivity contribution is -0.0131. The second-order valence-electron chi connectivity index (χ2n) is 2.02. The minimum absolute atomic E-state index is 0.309. The van der Waals surface area contributed by atoms with E-state index in [1.807, 2.05) is 0 Å². The number of halogens is 2. The average molecular weight is 154 g/mol. The minimum Gasteiger partial charge on any atom is -0.373 e. The molecule has 0 aromatic heterocycles. The van der Waals surface area contributed by atoms with Crippen molar-refractivity contribution in [2.75, 3.05) is 26.4 Å². The summed E-state index contributed by atoms with van der Waals surface area (Å²) in [4.78, 5) is 0. The van der Waals surface area contributed by atoms with Gasteiger partial charge in [-0.25, -0.2) is 8.81 Å². The summed E-state index contributed by atoms with van der Waals surface area (Å²) in [5.41, 5.74) is 0. The van der Waals surface area contributed by atoms with Crippen molar-refractivity contribution < 1.29 is 9.13 Å². The van der Waals surface area contributed by atoms with E-state index in [1.165, 1.54) is 0 Å². The largest absolute Gasteiger partial charge is 0.373 e. The van der Waals surface area contributed by atoms with Crippen molar-refractivity contribution in [2.45, 2.75) is 6.10 Å². The molecule has 0 radical (unpaired) electrons. The van der Waals surface area contributed by atoms with E-state index in [2.05, 4.69) is 0 Å². The van der Waals surface area contributed by atoms with Gasteiger partial charge in [0.15, 0.2) is 0 Å². The maximum Gasteiger partial charge on any atom is 0.117 e. The Morgan fingerprint density at radius 2 is 2.56 bits per heavy atom. The molecule has 0 aromatic carbocycles. The first-order valence-electron chi connectivity index (χ1n) is 2.91. The summed E-state index contributed by atoms with van der Waals surface area (Å²) in [7, 11) is 0. The number of hydrogen-bond donors (Lipinski definition) is 0. The summed E-state index contributed by atoms with van der Waals surface area (Å²) >= 11 is 5.58.